The quantitative estimate of drug-likeness (QED) is 0.235. The van der Waals surface area contributed by atoms with Crippen molar-refractivity contribution in [2.75, 3.05) is 6.61 Å². The Bertz CT molecular complexity index is 779. The van der Waals surface area contributed by atoms with Crippen molar-refractivity contribution in [3.8, 4) is 0 Å². The number of carbonyl (C=O) groups is 1. The van der Waals surface area contributed by atoms with E-state index in [2.05, 4.69) is 4.74 Å². The Morgan fingerprint density at radius 2 is 1.76 bits per heavy atom. The van der Waals surface area contributed by atoms with Crippen LogP contribution in [0.3, 0.4) is 0 Å². The summed E-state index contributed by atoms with van der Waals surface area (Å²) >= 11 is 3.70. The third-order valence-electron chi connectivity index (χ3n) is 3.05. The van der Waals surface area contributed by atoms with Crippen molar-refractivity contribution in [1.82, 2.24) is 0 Å². The van der Waals surface area contributed by atoms with Crippen LogP contribution in [0.15, 0.2) is 12.1 Å². The molecule has 0 aliphatic carbocycles. The topological polar surface area (TPSA) is 80.7 Å². The monoisotopic (exact) mass is 614 g/mol. The molecule has 1 aromatic carbocycles. The summed E-state index contributed by atoms with van der Waals surface area (Å²) in [6, 6.07) is 2.95. The summed E-state index contributed by atoms with van der Waals surface area (Å²) in [5.41, 5.74) is 0.212. The predicted octanol–water partition coefficient (Wildman–Crippen LogP) is 4.02. The van der Waals surface area contributed by atoms with Crippen LogP contribution in [0.25, 0.3) is 0 Å². The molecule has 0 bridgehead atoms. The lowest BCUT2D eigenvalue weighted by Gasteiger charge is -2.26. The first-order chi connectivity index (χ1) is 11.1. The Kier molecular flexibility index (Phi) is 7.06. The molecule has 0 heterocycles. The molecular weight excluding hydrogens is 605 g/mol. The maximum atomic E-state index is 13.4. The van der Waals surface area contributed by atoms with Gasteiger partial charge in [0.05, 0.1) is 5.56 Å². The van der Waals surface area contributed by atoms with E-state index in [0.29, 0.717) is 12.7 Å². The molecule has 0 aliphatic heterocycles. The van der Waals surface area contributed by atoms with Gasteiger partial charge < -0.3 is 4.74 Å². The molecule has 0 saturated heterocycles. The second kappa shape index (κ2) is 7.75. The Balaban J connectivity index is 3.13. The van der Waals surface area contributed by atoms with Gasteiger partial charge in [-0.2, -0.15) is 30.4 Å². The summed E-state index contributed by atoms with van der Waals surface area (Å²) < 4.78 is 100.0. The van der Waals surface area contributed by atoms with Crippen LogP contribution >= 0.6 is 45.2 Å². The minimum Gasteiger partial charge on any atom is -0.461 e. The lowest BCUT2D eigenvalue weighted by Crippen LogP contribution is -2.47. The number of ether oxygens (including phenoxy) is 1. The Labute approximate surface area is 166 Å². The highest BCUT2D eigenvalue weighted by molar-refractivity contribution is 14.1. The van der Waals surface area contributed by atoms with Gasteiger partial charge in [0, 0.05) is 7.14 Å². The number of carbonyl (C=O) groups excluding carboxylic acids is 1. The Morgan fingerprint density at radius 3 is 2.20 bits per heavy atom. The van der Waals surface area contributed by atoms with E-state index in [1.54, 1.807) is 6.07 Å². The molecule has 0 radical (unpaired) electrons. The number of hydrogen-bond donors (Lipinski definition) is 1. The lowest BCUT2D eigenvalue weighted by molar-refractivity contribution is -0.227. The smallest absolute Gasteiger partial charge is 0.402 e. The van der Waals surface area contributed by atoms with E-state index in [1.807, 2.05) is 45.2 Å². The maximum Gasteiger partial charge on any atom is 0.402 e. The van der Waals surface area contributed by atoms with Crippen molar-refractivity contribution in [1.29, 1.82) is 0 Å². The van der Waals surface area contributed by atoms with Crippen LogP contribution in [0.4, 0.5) is 22.0 Å². The molecule has 0 spiro atoms. The zero-order valence-corrected chi connectivity index (χ0v) is 17.2. The number of esters is 1. The van der Waals surface area contributed by atoms with Gasteiger partial charge >= 0.3 is 27.5 Å². The molecule has 1 aromatic rings. The highest BCUT2D eigenvalue weighted by Crippen LogP contribution is 2.41. The molecule has 25 heavy (non-hydrogen) atoms. The molecule has 0 aromatic heterocycles. The summed E-state index contributed by atoms with van der Waals surface area (Å²) in [5, 5.41) is -5.57. The van der Waals surface area contributed by atoms with E-state index < -0.39 is 40.0 Å². The van der Waals surface area contributed by atoms with E-state index >= 15 is 0 Å². The van der Waals surface area contributed by atoms with Crippen molar-refractivity contribution in [3.63, 3.8) is 0 Å². The first-order valence-electron chi connectivity index (χ1n) is 6.13. The Morgan fingerprint density at radius 1 is 1.24 bits per heavy atom. The number of hydrogen-bond acceptors (Lipinski definition) is 4. The fourth-order valence-corrected chi connectivity index (χ4v) is 4.06. The third kappa shape index (κ3) is 5.35. The van der Waals surface area contributed by atoms with Crippen LogP contribution < -0.4 is 0 Å². The zero-order chi connectivity index (χ0) is 19.8. The van der Waals surface area contributed by atoms with Gasteiger partial charge in [0.1, 0.15) is 6.61 Å². The van der Waals surface area contributed by atoms with Gasteiger partial charge in [0.15, 0.2) is 5.92 Å². The average Bonchev–Trinajstić information content (AvgIpc) is 2.39. The predicted molar refractivity (Wildman–Crippen MR) is 92.9 cm³/mol. The van der Waals surface area contributed by atoms with Crippen molar-refractivity contribution in [2.45, 2.75) is 18.4 Å². The first-order valence-corrected chi connectivity index (χ1v) is 9.73. The molecule has 142 valence electrons. The number of alkyl halides is 5. The molecule has 1 atom stereocenters. The summed E-state index contributed by atoms with van der Waals surface area (Å²) in [6.45, 7) is -0.501. The normalized spacial score (nSPS) is 14.3. The molecule has 0 aliphatic rings. The maximum absolute atomic E-state index is 13.4. The van der Waals surface area contributed by atoms with Gasteiger partial charge in [0.25, 0.3) is 0 Å². The van der Waals surface area contributed by atoms with Gasteiger partial charge in [-0.3, -0.25) is 4.55 Å². The molecule has 1 unspecified atom stereocenters. The van der Waals surface area contributed by atoms with Gasteiger partial charge in [-0.25, -0.2) is 4.79 Å². The van der Waals surface area contributed by atoms with Crippen molar-refractivity contribution < 1.29 is 44.5 Å². The van der Waals surface area contributed by atoms with Gasteiger partial charge in [-0.05, 0) is 69.8 Å². The molecule has 1 N–H and O–H groups in total. The molecule has 0 saturated carbocycles. The third-order valence-corrected chi connectivity index (χ3v) is 5.77. The van der Waals surface area contributed by atoms with E-state index in [1.165, 1.54) is 13.0 Å². The van der Waals surface area contributed by atoms with Crippen LogP contribution in [0.2, 0.25) is 0 Å². The SMILES string of the molecule is Cc1c(I)cc(I)cc1C(=O)OCC(C(F)(F)F)C(F)(F)S(=O)(=O)O. The second-order valence-corrected chi connectivity index (χ2v) is 8.69. The number of rotatable bonds is 5. The first kappa shape index (κ1) is 22.8. The fourth-order valence-electron chi connectivity index (χ4n) is 1.66. The largest absolute Gasteiger partial charge is 0.461 e. The fraction of sp³-hybridized carbons (Fsp3) is 0.417. The summed E-state index contributed by atoms with van der Waals surface area (Å²) in [5.74, 6) is -5.24. The van der Waals surface area contributed by atoms with E-state index in [-0.39, 0.29) is 5.56 Å². The highest BCUT2D eigenvalue weighted by atomic mass is 127. The number of benzene rings is 1. The van der Waals surface area contributed by atoms with E-state index in [4.69, 9.17) is 4.55 Å². The number of halogens is 7. The lowest BCUT2D eigenvalue weighted by atomic mass is 10.1. The second-order valence-electron chi connectivity index (χ2n) is 4.79. The van der Waals surface area contributed by atoms with Gasteiger partial charge in [0.2, 0.25) is 0 Å². The van der Waals surface area contributed by atoms with E-state index in [0.717, 1.165) is 0 Å². The van der Waals surface area contributed by atoms with Gasteiger partial charge in [-0.1, -0.05) is 0 Å². The standard InChI is InChI=1S/C12H9F5I2O5S/c1-5-7(2-6(18)3-8(5)19)10(20)24-4-9(11(13,14)15)12(16,17)25(21,22)23/h2-3,9H,4H2,1H3,(H,21,22,23). The van der Waals surface area contributed by atoms with Crippen LogP contribution in [0, 0.1) is 20.0 Å². The summed E-state index contributed by atoms with van der Waals surface area (Å²) in [6.07, 6.45) is -5.74. The van der Waals surface area contributed by atoms with E-state index in [9.17, 15) is 35.2 Å². The van der Waals surface area contributed by atoms with Crippen molar-refractivity contribution in [2.24, 2.45) is 5.92 Å². The Hall–Kier alpha value is -0.290. The van der Waals surface area contributed by atoms with Crippen molar-refractivity contribution in [3.05, 3.63) is 30.4 Å². The molecule has 0 amide bonds. The summed E-state index contributed by atoms with van der Waals surface area (Å²) in [7, 11) is -6.37. The van der Waals surface area contributed by atoms with Crippen LogP contribution in [-0.4, -0.2) is 37.0 Å². The minimum atomic E-state index is -6.37. The highest BCUT2D eigenvalue weighted by Gasteiger charge is 2.63. The molecule has 13 heteroatoms. The van der Waals surface area contributed by atoms with Crippen LogP contribution in [0.5, 0.6) is 0 Å². The minimum absolute atomic E-state index is 0.146. The molecule has 5 nitrogen and oxygen atoms in total. The molecule has 0 fully saturated rings. The molecular formula is C12H9F5I2O5S. The zero-order valence-electron chi connectivity index (χ0n) is 12.1. The van der Waals surface area contributed by atoms with Crippen LogP contribution in [-0.2, 0) is 14.9 Å². The molecule has 1 rings (SSSR count). The van der Waals surface area contributed by atoms with Gasteiger partial charge in [-0.15, -0.1) is 0 Å². The summed E-state index contributed by atoms with van der Waals surface area (Å²) in [4.78, 5) is 11.9. The van der Waals surface area contributed by atoms with Crippen LogP contribution in [0.1, 0.15) is 15.9 Å². The van der Waals surface area contributed by atoms with Crippen molar-refractivity contribution >= 4 is 61.3 Å². The average molecular weight is 614 g/mol.